The van der Waals surface area contributed by atoms with Gasteiger partial charge in [-0.05, 0) is 54.1 Å². The number of anilines is 3. The number of para-hydroxylation sites is 2. The van der Waals surface area contributed by atoms with Crippen LogP contribution in [0.5, 0.6) is 0 Å². The molecule has 6 rings (SSSR count). The molecule has 0 aliphatic rings. The Morgan fingerprint density at radius 2 is 1.18 bits per heavy atom. The van der Waals surface area contributed by atoms with Crippen LogP contribution in [0.2, 0.25) is 0 Å². The molecule has 0 saturated carbocycles. The lowest BCUT2D eigenvalue weighted by atomic mass is 10.00. The molecule has 0 aliphatic carbocycles. The molecule has 0 amide bonds. The lowest BCUT2D eigenvalue weighted by molar-refractivity contribution is 1.26. The molecule has 4 aromatic carbocycles. The van der Waals surface area contributed by atoms with Crippen molar-refractivity contribution in [3.63, 3.8) is 0 Å². The van der Waals surface area contributed by atoms with Crippen LogP contribution >= 0.6 is 37.0 Å². The van der Waals surface area contributed by atoms with Crippen LogP contribution in [-0.2, 0) is 0 Å². The molecule has 0 N–H and O–H groups in total. The first-order valence-corrected chi connectivity index (χ1v) is 13.5. The fourth-order valence-electron chi connectivity index (χ4n) is 4.32. The monoisotopic (exact) mass is 544 g/mol. The van der Waals surface area contributed by atoms with Gasteiger partial charge in [-0.1, -0.05) is 60.4 Å². The SMILES string of the molecule is Sc1c(S)c(-c2ccc(N(c3ccccc3)c3ccccc3)cc2)c2nsnc2c1C#Cc1ccncc1. The summed E-state index contributed by atoms with van der Waals surface area (Å²) in [5.74, 6) is 6.41. The highest BCUT2D eigenvalue weighted by molar-refractivity contribution is 7.83. The Labute approximate surface area is 236 Å². The van der Waals surface area contributed by atoms with Crippen LogP contribution in [0.3, 0.4) is 0 Å². The fraction of sp³-hybridized carbons (Fsp3) is 0. The third kappa shape index (κ3) is 4.66. The molecule has 0 atom stereocenters. The van der Waals surface area contributed by atoms with Crippen molar-refractivity contribution in [2.24, 2.45) is 0 Å². The summed E-state index contributed by atoms with van der Waals surface area (Å²) < 4.78 is 9.19. The zero-order valence-electron chi connectivity index (χ0n) is 20.0. The molecule has 0 spiro atoms. The van der Waals surface area contributed by atoms with Crippen molar-refractivity contribution < 1.29 is 0 Å². The minimum absolute atomic E-state index is 0.685. The molecule has 0 aliphatic heterocycles. The van der Waals surface area contributed by atoms with Crippen LogP contribution in [0.4, 0.5) is 17.1 Å². The first kappa shape index (κ1) is 24.3. The number of aromatic nitrogens is 3. The third-order valence-electron chi connectivity index (χ3n) is 6.12. The van der Waals surface area contributed by atoms with E-state index in [1.807, 2.05) is 48.5 Å². The number of thiol groups is 2. The molecular weight excluding hydrogens is 525 g/mol. The number of rotatable bonds is 4. The van der Waals surface area contributed by atoms with Crippen molar-refractivity contribution in [2.75, 3.05) is 4.90 Å². The molecule has 0 saturated heterocycles. The maximum absolute atomic E-state index is 4.88. The van der Waals surface area contributed by atoms with E-state index in [1.54, 1.807) is 12.4 Å². The van der Waals surface area contributed by atoms with Crippen molar-refractivity contribution in [1.29, 1.82) is 0 Å². The Hall–Kier alpha value is -4.09. The Morgan fingerprint density at radius 1 is 0.605 bits per heavy atom. The van der Waals surface area contributed by atoms with Crippen molar-refractivity contribution in [1.82, 2.24) is 13.7 Å². The molecular formula is C31H20N4S3. The summed E-state index contributed by atoms with van der Waals surface area (Å²) in [6, 6.07) is 32.8. The minimum Gasteiger partial charge on any atom is -0.311 e. The first-order chi connectivity index (χ1) is 18.7. The van der Waals surface area contributed by atoms with Crippen LogP contribution in [0.1, 0.15) is 11.1 Å². The highest BCUT2D eigenvalue weighted by Crippen LogP contribution is 2.41. The topological polar surface area (TPSA) is 41.9 Å². The first-order valence-electron chi connectivity index (χ1n) is 11.8. The summed E-state index contributed by atoms with van der Waals surface area (Å²) in [4.78, 5) is 7.69. The fourth-order valence-corrected chi connectivity index (χ4v) is 5.50. The maximum Gasteiger partial charge on any atom is 0.122 e. The van der Waals surface area contributed by atoms with E-state index >= 15 is 0 Å². The Balaban J connectivity index is 1.44. The molecule has 0 radical (unpaired) electrons. The average molecular weight is 545 g/mol. The summed E-state index contributed by atoms with van der Waals surface area (Å²) in [6.45, 7) is 0. The standard InChI is InChI=1S/C31H20N4S3/c36-30-26(16-11-21-17-19-32-20-18-21)28-29(34-38-33-28)27(31(30)37)22-12-14-25(15-13-22)35(23-7-3-1-4-8-23)24-9-5-2-6-10-24/h1-10,12-15,17-20,36-37H. The zero-order valence-corrected chi connectivity index (χ0v) is 22.6. The predicted molar refractivity (Wildman–Crippen MR) is 162 cm³/mol. The summed E-state index contributed by atoms with van der Waals surface area (Å²) >= 11 is 10.9. The summed E-state index contributed by atoms with van der Waals surface area (Å²) in [6.07, 6.45) is 3.44. The maximum atomic E-state index is 4.88. The smallest absolute Gasteiger partial charge is 0.122 e. The Kier molecular flexibility index (Phi) is 6.84. The van der Waals surface area contributed by atoms with Crippen molar-refractivity contribution in [3.05, 3.63) is 121 Å². The molecule has 2 heterocycles. The van der Waals surface area contributed by atoms with E-state index in [0.29, 0.717) is 4.90 Å². The van der Waals surface area contributed by atoms with E-state index < -0.39 is 0 Å². The van der Waals surface area contributed by atoms with Gasteiger partial charge >= 0.3 is 0 Å². The molecule has 2 aromatic heterocycles. The van der Waals surface area contributed by atoms with E-state index in [9.17, 15) is 0 Å². The van der Waals surface area contributed by atoms with Gasteiger partial charge in [0.05, 0.1) is 17.3 Å². The van der Waals surface area contributed by atoms with E-state index in [2.05, 4.69) is 79.0 Å². The number of benzene rings is 4. The largest absolute Gasteiger partial charge is 0.311 e. The molecule has 0 bridgehead atoms. The highest BCUT2D eigenvalue weighted by Gasteiger charge is 2.20. The van der Waals surface area contributed by atoms with E-state index in [1.165, 1.54) is 0 Å². The number of fused-ring (bicyclic) bond motifs is 1. The summed E-state index contributed by atoms with van der Waals surface area (Å²) in [7, 11) is 0. The molecule has 6 aromatic rings. The quantitative estimate of drug-likeness (QED) is 0.173. The lowest BCUT2D eigenvalue weighted by Gasteiger charge is -2.25. The van der Waals surface area contributed by atoms with Gasteiger partial charge in [0, 0.05) is 50.4 Å². The zero-order chi connectivity index (χ0) is 25.9. The minimum atomic E-state index is 0.685. The van der Waals surface area contributed by atoms with Gasteiger partial charge in [-0.2, -0.15) is 8.75 Å². The summed E-state index contributed by atoms with van der Waals surface area (Å²) in [5.41, 5.74) is 8.19. The predicted octanol–water partition coefficient (Wildman–Crippen LogP) is 8.20. The number of pyridine rings is 1. The van der Waals surface area contributed by atoms with E-state index in [-0.39, 0.29) is 0 Å². The van der Waals surface area contributed by atoms with E-state index in [0.717, 1.165) is 67.0 Å². The van der Waals surface area contributed by atoms with Gasteiger partial charge in [0.15, 0.2) is 0 Å². The van der Waals surface area contributed by atoms with Crippen LogP contribution in [0, 0.1) is 11.8 Å². The van der Waals surface area contributed by atoms with E-state index in [4.69, 9.17) is 25.3 Å². The second kappa shape index (κ2) is 10.7. The normalized spacial score (nSPS) is 10.7. The van der Waals surface area contributed by atoms with Gasteiger partial charge in [-0.15, -0.1) is 25.3 Å². The second-order valence-electron chi connectivity index (χ2n) is 8.45. The van der Waals surface area contributed by atoms with Crippen LogP contribution in [-0.4, -0.2) is 13.7 Å². The molecule has 182 valence electrons. The number of hydrogen-bond acceptors (Lipinski definition) is 7. The number of nitrogens with zero attached hydrogens (tertiary/aromatic N) is 4. The third-order valence-corrected chi connectivity index (χ3v) is 7.71. The van der Waals surface area contributed by atoms with Crippen molar-refractivity contribution >= 4 is 65.1 Å². The second-order valence-corrected chi connectivity index (χ2v) is 9.87. The molecule has 4 nitrogen and oxygen atoms in total. The van der Waals surface area contributed by atoms with Crippen LogP contribution < -0.4 is 4.90 Å². The molecule has 0 unspecified atom stereocenters. The van der Waals surface area contributed by atoms with Crippen LogP contribution in [0.15, 0.2) is 119 Å². The molecule has 0 fully saturated rings. The van der Waals surface area contributed by atoms with Gasteiger partial charge in [0.1, 0.15) is 11.0 Å². The van der Waals surface area contributed by atoms with Gasteiger partial charge in [0.25, 0.3) is 0 Å². The van der Waals surface area contributed by atoms with Gasteiger partial charge in [-0.3, -0.25) is 4.98 Å². The van der Waals surface area contributed by atoms with Crippen molar-refractivity contribution in [2.45, 2.75) is 9.79 Å². The molecule has 38 heavy (non-hydrogen) atoms. The summed E-state index contributed by atoms with van der Waals surface area (Å²) in [5, 5.41) is 0. The lowest BCUT2D eigenvalue weighted by Crippen LogP contribution is -2.09. The van der Waals surface area contributed by atoms with Gasteiger partial charge in [-0.25, -0.2) is 0 Å². The highest BCUT2D eigenvalue weighted by atomic mass is 32.1. The Morgan fingerprint density at radius 3 is 1.82 bits per heavy atom. The van der Waals surface area contributed by atoms with Crippen molar-refractivity contribution in [3.8, 4) is 23.0 Å². The van der Waals surface area contributed by atoms with Crippen LogP contribution in [0.25, 0.3) is 22.2 Å². The van der Waals surface area contributed by atoms with Gasteiger partial charge < -0.3 is 4.90 Å². The number of hydrogen-bond donors (Lipinski definition) is 2. The Bertz CT molecular complexity index is 1730. The molecule has 7 heteroatoms. The average Bonchev–Trinajstić information content (AvgIpc) is 3.45. The van der Waals surface area contributed by atoms with Gasteiger partial charge in [0.2, 0.25) is 0 Å².